The molecule has 0 bridgehead atoms. The number of rotatable bonds is 6. The predicted molar refractivity (Wildman–Crippen MR) is 124 cm³/mol. The fourth-order valence-corrected chi connectivity index (χ4v) is 5.42. The Hall–Kier alpha value is -2.72. The van der Waals surface area contributed by atoms with Gasteiger partial charge >= 0.3 is 6.09 Å². The average molecular weight is 453 g/mol. The van der Waals surface area contributed by atoms with Gasteiger partial charge in [-0.3, -0.25) is 14.6 Å². The highest BCUT2D eigenvalue weighted by atomic mass is 16.6. The van der Waals surface area contributed by atoms with Gasteiger partial charge in [-0.2, -0.15) is 5.10 Å². The first kappa shape index (κ1) is 20.9. The molecule has 3 N–H and O–H groups in total. The molecule has 1 amide bonds. The maximum atomic E-state index is 12.3. The second-order valence-electron chi connectivity index (χ2n) is 10.0. The highest BCUT2D eigenvalue weighted by Crippen LogP contribution is 2.36. The third-order valence-corrected chi connectivity index (χ3v) is 7.80. The molecule has 6 rings (SSSR count). The maximum absolute atomic E-state index is 12.3. The van der Waals surface area contributed by atoms with E-state index < -0.39 is 0 Å². The molecule has 33 heavy (non-hydrogen) atoms. The van der Waals surface area contributed by atoms with Crippen LogP contribution in [0.3, 0.4) is 0 Å². The third-order valence-electron chi connectivity index (χ3n) is 7.80. The number of amides is 1. The molecular weight excluding hydrogens is 420 g/mol. The molecular formula is C23H32N8O2. The van der Waals surface area contributed by atoms with Gasteiger partial charge in [-0.25, -0.2) is 9.79 Å². The van der Waals surface area contributed by atoms with Crippen LogP contribution in [0.25, 0.3) is 0 Å². The number of piperidine rings is 1. The van der Waals surface area contributed by atoms with Crippen molar-refractivity contribution in [2.24, 2.45) is 27.6 Å². The molecule has 3 fully saturated rings. The first-order chi connectivity index (χ1) is 16.1. The molecule has 176 valence electrons. The topological polar surface area (TPSA) is 113 Å². The van der Waals surface area contributed by atoms with E-state index in [1.54, 1.807) is 6.34 Å². The minimum absolute atomic E-state index is 0.00694. The lowest BCUT2D eigenvalue weighted by molar-refractivity contribution is -0.0398. The second-order valence-corrected chi connectivity index (χ2v) is 10.0. The Morgan fingerprint density at radius 1 is 1.24 bits per heavy atom. The van der Waals surface area contributed by atoms with Crippen LogP contribution in [0, 0.1) is 11.8 Å². The lowest BCUT2D eigenvalue weighted by Gasteiger charge is -2.54. The number of carbonyl (C=O) groups is 1. The zero-order valence-corrected chi connectivity index (χ0v) is 18.8. The van der Waals surface area contributed by atoms with Gasteiger partial charge in [0.1, 0.15) is 17.7 Å². The van der Waals surface area contributed by atoms with Gasteiger partial charge in [-0.1, -0.05) is 6.08 Å². The van der Waals surface area contributed by atoms with E-state index >= 15 is 0 Å². The summed E-state index contributed by atoms with van der Waals surface area (Å²) in [5, 5.41) is 7.90. The molecule has 2 atom stereocenters. The number of likely N-dealkylation sites (tertiary alicyclic amines) is 2. The Bertz CT molecular complexity index is 982. The van der Waals surface area contributed by atoms with Crippen LogP contribution in [0.5, 0.6) is 0 Å². The van der Waals surface area contributed by atoms with Crippen LogP contribution in [0.15, 0.2) is 34.7 Å². The van der Waals surface area contributed by atoms with Crippen molar-refractivity contribution in [3.05, 3.63) is 30.2 Å². The Kier molecular flexibility index (Phi) is 5.21. The third kappa shape index (κ3) is 3.85. The molecule has 0 radical (unpaired) electrons. The summed E-state index contributed by atoms with van der Waals surface area (Å²) in [7, 11) is 0. The second kappa shape index (κ2) is 8.25. The fourth-order valence-electron chi connectivity index (χ4n) is 5.42. The number of hydrogen-bond donors (Lipinski definition) is 2. The number of aliphatic imine (C=N–C) groups is 2. The number of nitrogens with zero attached hydrogens (tertiary/aromatic N) is 6. The Morgan fingerprint density at radius 3 is 2.82 bits per heavy atom. The number of nitrogens with one attached hydrogen (secondary N) is 1. The molecule has 1 saturated carbocycles. The number of amidine groups is 1. The number of hydrogen-bond acceptors (Lipinski definition) is 8. The Balaban J connectivity index is 1.05. The number of carbonyl (C=O) groups excluding carboxylic acids is 1. The van der Waals surface area contributed by atoms with Crippen LogP contribution in [0.1, 0.15) is 37.3 Å². The van der Waals surface area contributed by atoms with Gasteiger partial charge in [-0.15, -0.1) is 0 Å². The number of fused-ring (bicyclic) bond motifs is 1. The van der Waals surface area contributed by atoms with Crippen LogP contribution in [0.2, 0.25) is 0 Å². The molecule has 0 aromatic carbocycles. The molecule has 4 aliphatic heterocycles. The van der Waals surface area contributed by atoms with Gasteiger partial charge in [0, 0.05) is 50.5 Å². The molecule has 1 aromatic rings. The summed E-state index contributed by atoms with van der Waals surface area (Å²) in [5.41, 5.74) is 7.17. The summed E-state index contributed by atoms with van der Waals surface area (Å²) in [5.74, 6) is 1.68. The van der Waals surface area contributed by atoms with Crippen LogP contribution in [-0.2, 0) is 10.3 Å². The van der Waals surface area contributed by atoms with Gasteiger partial charge in [0.2, 0.25) is 0 Å². The summed E-state index contributed by atoms with van der Waals surface area (Å²) in [6.07, 6.45) is 13.9. The Morgan fingerprint density at radius 2 is 2.06 bits per heavy atom. The normalized spacial score (nSPS) is 28.8. The number of ether oxygens (including phenoxy) is 1. The molecule has 10 heteroatoms. The molecule has 5 aliphatic rings. The fraction of sp³-hybridized carbons (Fsp3) is 0.652. The first-order valence-electron chi connectivity index (χ1n) is 12.1. The van der Waals surface area contributed by atoms with Crippen molar-refractivity contribution in [3.8, 4) is 0 Å². The van der Waals surface area contributed by atoms with E-state index in [1.165, 1.54) is 12.8 Å². The van der Waals surface area contributed by atoms with E-state index in [2.05, 4.69) is 37.2 Å². The largest absolute Gasteiger partial charge is 0.449 e. The van der Waals surface area contributed by atoms with E-state index in [-0.39, 0.29) is 23.6 Å². The zero-order chi connectivity index (χ0) is 22.4. The van der Waals surface area contributed by atoms with Gasteiger partial charge in [0.15, 0.2) is 0 Å². The van der Waals surface area contributed by atoms with E-state index in [9.17, 15) is 4.79 Å². The van der Waals surface area contributed by atoms with Crippen LogP contribution < -0.4 is 11.1 Å². The van der Waals surface area contributed by atoms with Crippen molar-refractivity contribution in [3.63, 3.8) is 0 Å². The maximum Gasteiger partial charge on any atom is 0.409 e. The van der Waals surface area contributed by atoms with Crippen molar-refractivity contribution >= 4 is 18.3 Å². The summed E-state index contributed by atoms with van der Waals surface area (Å²) in [4.78, 5) is 25.6. The van der Waals surface area contributed by atoms with Gasteiger partial charge < -0.3 is 20.7 Å². The summed E-state index contributed by atoms with van der Waals surface area (Å²) in [6, 6.07) is 0.469. The molecule has 5 heterocycles. The van der Waals surface area contributed by atoms with Crippen molar-refractivity contribution in [1.82, 2.24) is 24.9 Å². The summed E-state index contributed by atoms with van der Waals surface area (Å²) in [6.45, 7) is 4.42. The summed E-state index contributed by atoms with van der Waals surface area (Å²) >= 11 is 0. The van der Waals surface area contributed by atoms with Gasteiger partial charge in [0.25, 0.3) is 0 Å². The highest BCUT2D eigenvalue weighted by molar-refractivity contribution is 5.96. The smallest absolute Gasteiger partial charge is 0.409 e. The highest BCUT2D eigenvalue weighted by Gasteiger charge is 2.47. The van der Waals surface area contributed by atoms with E-state index in [0.29, 0.717) is 25.1 Å². The zero-order valence-electron chi connectivity index (χ0n) is 18.8. The average Bonchev–Trinajstić information content (AvgIpc) is 3.30. The van der Waals surface area contributed by atoms with E-state index in [0.717, 1.165) is 50.4 Å². The predicted octanol–water partition coefficient (Wildman–Crippen LogP) is 1.08. The minimum atomic E-state index is -0.183. The Labute approximate surface area is 193 Å². The molecule has 2 unspecified atom stereocenters. The van der Waals surface area contributed by atoms with Crippen LogP contribution in [0.4, 0.5) is 4.79 Å². The van der Waals surface area contributed by atoms with Crippen LogP contribution >= 0.6 is 0 Å². The number of nitrogens with two attached hydrogens (primary N) is 1. The van der Waals surface area contributed by atoms with Gasteiger partial charge in [0.05, 0.1) is 24.8 Å². The summed E-state index contributed by atoms with van der Waals surface area (Å²) < 4.78 is 7.50. The van der Waals surface area contributed by atoms with Crippen molar-refractivity contribution < 1.29 is 9.53 Å². The van der Waals surface area contributed by atoms with E-state index in [1.807, 2.05) is 17.3 Å². The van der Waals surface area contributed by atoms with Crippen molar-refractivity contribution in [2.75, 3.05) is 39.3 Å². The molecule has 10 nitrogen and oxygen atoms in total. The van der Waals surface area contributed by atoms with E-state index in [4.69, 9.17) is 15.6 Å². The van der Waals surface area contributed by atoms with Crippen molar-refractivity contribution in [1.29, 1.82) is 0 Å². The standard InChI is InChI=1S/C23H32N8O2/c24-12-23(31-10-17(9-28-31)20-19-3-6-25-21(19)27-15-26-20)13-30(14-23)18-4-7-29(8-5-18)22(32)33-11-16-1-2-16/h3,6,9-10,15-16,18-20H,1-2,4-5,7-8,11-14,24H2,(H,25,26,27). The van der Waals surface area contributed by atoms with Crippen LogP contribution in [-0.4, -0.2) is 83.2 Å². The monoisotopic (exact) mass is 452 g/mol. The lowest BCUT2D eigenvalue weighted by Crippen LogP contribution is -2.69. The van der Waals surface area contributed by atoms with Gasteiger partial charge in [-0.05, 0) is 37.8 Å². The first-order valence-corrected chi connectivity index (χ1v) is 12.1. The van der Waals surface area contributed by atoms with Crippen molar-refractivity contribution in [2.45, 2.75) is 43.3 Å². The minimum Gasteiger partial charge on any atom is -0.449 e. The number of aromatic nitrogens is 2. The molecule has 1 aliphatic carbocycles. The molecule has 1 aromatic heterocycles. The molecule has 2 saturated heterocycles. The lowest BCUT2D eigenvalue weighted by atomic mass is 9.86. The molecule has 0 spiro atoms. The SMILES string of the molecule is NCC1(n2cc(C3N=CN=C4NC=CC43)cn2)CN(C2CCN(C(=O)OCC3CC3)CC2)C1. The quantitative estimate of drug-likeness (QED) is 0.668.